The SMILES string of the molecule is CCN(CC)c1ccc(CN2CCC[C@@H](C)C2)cc1. The molecule has 0 spiro atoms. The lowest BCUT2D eigenvalue weighted by atomic mass is 10.00. The third-order valence-corrected chi connectivity index (χ3v) is 4.21. The number of hydrogen-bond acceptors (Lipinski definition) is 2. The zero-order valence-electron chi connectivity index (χ0n) is 12.7. The van der Waals surface area contributed by atoms with E-state index < -0.39 is 0 Å². The van der Waals surface area contributed by atoms with Crippen molar-refractivity contribution in [1.29, 1.82) is 0 Å². The first-order valence-electron chi connectivity index (χ1n) is 7.79. The van der Waals surface area contributed by atoms with E-state index >= 15 is 0 Å². The molecule has 2 heteroatoms. The van der Waals surface area contributed by atoms with Crippen LogP contribution in [0.15, 0.2) is 24.3 Å². The Morgan fingerprint density at radius 3 is 2.42 bits per heavy atom. The fraction of sp³-hybridized carbons (Fsp3) is 0.647. The predicted octanol–water partition coefficient (Wildman–Crippen LogP) is 3.76. The summed E-state index contributed by atoms with van der Waals surface area (Å²) in [5, 5.41) is 0. The summed E-state index contributed by atoms with van der Waals surface area (Å²) in [5.74, 6) is 0.865. The predicted molar refractivity (Wildman–Crippen MR) is 83.7 cm³/mol. The van der Waals surface area contributed by atoms with Crippen LogP contribution in [0.1, 0.15) is 39.2 Å². The lowest BCUT2D eigenvalue weighted by Crippen LogP contribution is -2.33. The summed E-state index contributed by atoms with van der Waals surface area (Å²) in [7, 11) is 0. The zero-order valence-corrected chi connectivity index (χ0v) is 12.7. The average Bonchev–Trinajstić information content (AvgIpc) is 2.42. The molecule has 1 heterocycles. The summed E-state index contributed by atoms with van der Waals surface area (Å²) >= 11 is 0. The van der Waals surface area contributed by atoms with Gasteiger partial charge in [0.05, 0.1) is 0 Å². The summed E-state index contributed by atoms with van der Waals surface area (Å²) in [4.78, 5) is 4.99. The molecule has 0 N–H and O–H groups in total. The van der Waals surface area contributed by atoms with Gasteiger partial charge in [0, 0.05) is 31.9 Å². The third-order valence-electron chi connectivity index (χ3n) is 4.21. The van der Waals surface area contributed by atoms with E-state index in [4.69, 9.17) is 0 Å². The van der Waals surface area contributed by atoms with Crippen LogP contribution >= 0.6 is 0 Å². The van der Waals surface area contributed by atoms with E-state index in [1.54, 1.807) is 0 Å². The van der Waals surface area contributed by atoms with Crippen molar-refractivity contribution in [2.24, 2.45) is 5.92 Å². The van der Waals surface area contributed by atoms with Gasteiger partial charge in [-0.25, -0.2) is 0 Å². The van der Waals surface area contributed by atoms with E-state index in [1.807, 2.05) is 0 Å². The first kappa shape index (κ1) is 14.4. The van der Waals surface area contributed by atoms with Gasteiger partial charge < -0.3 is 4.90 Å². The molecule has 2 rings (SSSR count). The summed E-state index contributed by atoms with van der Waals surface area (Å²) < 4.78 is 0. The number of likely N-dealkylation sites (tertiary alicyclic amines) is 1. The fourth-order valence-electron chi connectivity index (χ4n) is 3.09. The average molecular weight is 260 g/mol. The van der Waals surface area contributed by atoms with E-state index in [-0.39, 0.29) is 0 Å². The second kappa shape index (κ2) is 6.95. The van der Waals surface area contributed by atoms with Gasteiger partial charge in [-0.15, -0.1) is 0 Å². The van der Waals surface area contributed by atoms with Gasteiger partial charge in [-0.1, -0.05) is 19.1 Å². The molecular weight excluding hydrogens is 232 g/mol. The number of rotatable bonds is 5. The molecular formula is C17H28N2. The van der Waals surface area contributed by atoms with E-state index in [9.17, 15) is 0 Å². The van der Waals surface area contributed by atoms with Gasteiger partial charge in [0.2, 0.25) is 0 Å². The van der Waals surface area contributed by atoms with Crippen LogP contribution in [-0.2, 0) is 6.54 Å². The van der Waals surface area contributed by atoms with Crippen LogP contribution in [0.5, 0.6) is 0 Å². The summed E-state index contributed by atoms with van der Waals surface area (Å²) in [6.07, 6.45) is 2.76. The molecule has 2 nitrogen and oxygen atoms in total. The first-order chi connectivity index (χ1) is 9.22. The van der Waals surface area contributed by atoms with Crippen molar-refractivity contribution in [2.75, 3.05) is 31.1 Å². The Balaban J connectivity index is 1.94. The molecule has 1 atom stereocenters. The van der Waals surface area contributed by atoms with Crippen molar-refractivity contribution < 1.29 is 0 Å². The van der Waals surface area contributed by atoms with Crippen LogP contribution in [0.4, 0.5) is 5.69 Å². The number of benzene rings is 1. The molecule has 0 unspecified atom stereocenters. The number of hydrogen-bond donors (Lipinski definition) is 0. The molecule has 0 aliphatic carbocycles. The van der Waals surface area contributed by atoms with Crippen LogP contribution in [0.2, 0.25) is 0 Å². The van der Waals surface area contributed by atoms with Crippen LogP contribution < -0.4 is 4.90 Å². The fourth-order valence-corrected chi connectivity index (χ4v) is 3.09. The van der Waals surface area contributed by atoms with Crippen LogP contribution in [0.25, 0.3) is 0 Å². The summed E-state index contributed by atoms with van der Waals surface area (Å²) in [6.45, 7) is 12.6. The van der Waals surface area contributed by atoms with Crippen molar-refractivity contribution in [2.45, 2.75) is 40.2 Å². The minimum atomic E-state index is 0.865. The van der Waals surface area contributed by atoms with Gasteiger partial charge in [0.1, 0.15) is 0 Å². The molecule has 1 aromatic carbocycles. The second-order valence-corrected chi connectivity index (χ2v) is 5.82. The van der Waals surface area contributed by atoms with Crippen molar-refractivity contribution in [3.8, 4) is 0 Å². The van der Waals surface area contributed by atoms with Gasteiger partial charge in [-0.2, -0.15) is 0 Å². The van der Waals surface area contributed by atoms with Crippen LogP contribution in [0, 0.1) is 5.92 Å². The van der Waals surface area contributed by atoms with Crippen LogP contribution in [0.3, 0.4) is 0 Å². The van der Waals surface area contributed by atoms with Crippen molar-refractivity contribution in [3.63, 3.8) is 0 Å². The lowest BCUT2D eigenvalue weighted by molar-refractivity contribution is 0.176. The maximum absolute atomic E-state index is 2.60. The lowest BCUT2D eigenvalue weighted by Gasteiger charge is -2.31. The summed E-state index contributed by atoms with van der Waals surface area (Å²) in [6, 6.07) is 9.14. The molecule has 1 aliphatic rings. The molecule has 0 bridgehead atoms. The van der Waals surface area contributed by atoms with E-state index in [0.717, 1.165) is 25.6 Å². The van der Waals surface area contributed by atoms with E-state index in [1.165, 1.54) is 37.2 Å². The highest BCUT2D eigenvalue weighted by Crippen LogP contribution is 2.20. The smallest absolute Gasteiger partial charge is 0.0366 e. The molecule has 1 aromatic rings. The third kappa shape index (κ3) is 3.97. The second-order valence-electron chi connectivity index (χ2n) is 5.82. The Bertz CT molecular complexity index is 367. The topological polar surface area (TPSA) is 6.48 Å². The van der Waals surface area contributed by atoms with Gasteiger partial charge in [0.15, 0.2) is 0 Å². The highest BCUT2D eigenvalue weighted by Gasteiger charge is 2.16. The molecule has 0 aromatic heterocycles. The molecule has 1 fully saturated rings. The van der Waals surface area contributed by atoms with Gasteiger partial charge in [0.25, 0.3) is 0 Å². The largest absolute Gasteiger partial charge is 0.372 e. The minimum Gasteiger partial charge on any atom is -0.372 e. The minimum absolute atomic E-state index is 0.865. The monoisotopic (exact) mass is 260 g/mol. The Hall–Kier alpha value is -1.02. The maximum atomic E-state index is 2.60. The van der Waals surface area contributed by atoms with Gasteiger partial charge in [-0.3, -0.25) is 4.90 Å². The van der Waals surface area contributed by atoms with Gasteiger partial charge >= 0.3 is 0 Å². The maximum Gasteiger partial charge on any atom is 0.0366 e. The Labute approximate surface area is 118 Å². The molecule has 106 valence electrons. The van der Waals surface area contributed by atoms with Crippen molar-refractivity contribution in [1.82, 2.24) is 4.90 Å². The van der Waals surface area contributed by atoms with Crippen molar-refractivity contribution in [3.05, 3.63) is 29.8 Å². The molecule has 19 heavy (non-hydrogen) atoms. The normalized spacial score (nSPS) is 20.5. The molecule has 1 aliphatic heterocycles. The highest BCUT2D eigenvalue weighted by atomic mass is 15.1. The molecule has 1 saturated heterocycles. The van der Waals surface area contributed by atoms with E-state index in [0.29, 0.717) is 0 Å². The quantitative estimate of drug-likeness (QED) is 0.795. The van der Waals surface area contributed by atoms with Crippen molar-refractivity contribution >= 4 is 5.69 Å². The summed E-state index contributed by atoms with van der Waals surface area (Å²) in [5.41, 5.74) is 2.80. The highest BCUT2D eigenvalue weighted by molar-refractivity contribution is 5.47. The molecule has 0 saturated carbocycles. The number of nitrogens with zero attached hydrogens (tertiary/aromatic N) is 2. The van der Waals surface area contributed by atoms with Gasteiger partial charge in [-0.05, 0) is 56.8 Å². The zero-order chi connectivity index (χ0) is 13.7. The first-order valence-corrected chi connectivity index (χ1v) is 7.79. The molecule has 0 radical (unpaired) electrons. The Morgan fingerprint density at radius 2 is 1.84 bits per heavy atom. The Morgan fingerprint density at radius 1 is 1.16 bits per heavy atom. The van der Waals surface area contributed by atoms with Crippen LogP contribution in [-0.4, -0.2) is 31.1 Å². The standard InChI is InChI=1S/C17H28N2/c1-4-19(5-2)17-10-8-16(9-11-17)14-18-12-6-7-15(3)13-18/h8-11,15H,4-7,12-14H2,1-3H3/t15-/m1/s1. The molecule has 0 amide bonds. The van der Waals surface area contributed by atoms with E-state index in [2.05, 4.69) is 54.8 Å². The number of anilines is 1. The number of piperidine rings is 1. The Kier molecular flexibility index (Phi) is 5.26.